The molecule has 2 amide bonds. The zero-order valence-corrected chi connectivity index (χ0v) is 17.8. The van der Waals surface area contributed by atoms with Gasteiger partial charge in [0.2, 0.25) is 5.91 Å². The van der Waals surface area contributed by atoms with E-state index in [-0.39, 0.29) is 18.3 Å². The van der Waals surface area contributed by atoms with Gasteiger partial charge in [-0.1, -0.05) is 39.7 Å². The van der Waals surface area contributed by atoms with E-state index in [2.05, 4.69) is 26.6 Å². The van der Waals surface area contributed by atoms with Crippen LogP contribution in [0.5, 0.6) is 0 Å². The van der Waals surface area contributed by atoms with Gasteiger partial charge in [-0.15, -0.1) is 0 Å². The molecule has 27 heavy (non-hydrogen) atoms. The molecule has 0 saturated carbocycles. The van der Waals surface area contributed by atoms with Crippen LogP contribution in [0.3, 0.4) is 0 Å². The summed E-state index contributed by atoms with van der Waals surface area (Å²) in [6.45, 7) is 0.160. The van der Waals surface area contributed by atoms with Crippen LogP contribution in [0.15, 0.2) is 46.9 Å². The number of carbonyl (C=O) groups is 2. The van der Waals surface area contributed by atoms with E-state index in [0.717, 1.165) is 0 Å². The van der Waals surface area contributed by atoms with Crippen LogP contribution in [0.4, 0.5) is 4.39 Å². The number of thioether (sulfide) groups is 1. The van der Waals surface area contributed by atoms with Crippen molar-refractivity contribution in [3.63, 3.8) is 0 Å². The summed E-state index contributed by atoms with van der Waals surface area (Å²) in [4.78, 5) is 25.0. The maximum atomic E-state index is 13.5. The summed E-state index contributed by atoms with van der Waals surface area (Å²) in [7, 11) is 0. The predicted octanol–water partition coefficient (Wildman–Crippen LogP) is 4.41. The summed E-state index contributed by atoms with van der Waals surface area (Å²) in [6, 6.07) is 10.4. The minimum absolute atomic E-state index is 0.160. The highest BCUT2D eigenvalue weighted by Crippen LogP contribution is 2.16. The number of halogens is 3. The Hall–Kier alpha value is -1.57. The third-order valence-electron chi connectivity index (χ3n) is 3.74. The Morgan fingerprint density at radius 2 is 2.00 bits per heavy atom. The van der Waals surface area contributed by atoms with Gasteiger partial charge in [0.25, 0.3) is 5.91 Å². The van der Waals surface area contributed by atoms with E-state index in [9.17, 15) is 14.0 Å². The summed E-state index contributed by atoms with van der Waals surface area (Å²) in [5, 5.41) is 5.81. The molecule has 0 saturated heterocycles. The van der Waals surface area contributed by atoms with Crippen molar-refractivity contribution in [1.82, 2.24) is 10.6 Å². The molecule has 0 bridgehead atoms. The van der Waals surface area contributed by atoms with Crippen molar-refractivity contribution in [2.75, 3.05) is 12.0 Å². The van der Waals surface area contributed by atoms with Crippen molar-refractivity contribution in [3.05, 3.63) is 68.9 Å². The van der Waals surface area contributed by atoms with E-state index in [1.807, 2.05) is 6.26 Å². The fourth-order valence-corrected chi connectivity index (χ4v) is 3.62. The highest BCUT2D eigenvalue weighted by Gasteiger charge is 2.22. The number of nitrogens with one attached hydrogen (secondary N) is 2. The normalized spacial score (nSPS) is 11.7. The minimum Gasteiger partial charge on any atom is -0.350 e. The smallest absolute Gasteiger partial charge is 0.253 e. The molecule has 2 aromatic rings. The van der Waals surface area contributed by atoms with Crippen LogP contribution in [0.1, 0.15) is 22.3 Å². The Kier molecular flexibility index (Phi) is 8.60. The summed E-state index contributed by atoms with van der Waals surface area (Å²) >= 11 is 10.9. The molecule has 0 aliphatic carbocycles. The Morgan fingerprint density at radius 3 is 2.67 bits per heavy atom. The minimum atomic E-state index is -0.710. The second kappa shape index (κ2) is 10.7. The fraction of sp³-hybridized carbons (Fsp3) is 0.263. The van der Waals surface area contributed by atoms with E-state index in [1.165, 1.54) is 12.1 Å². The Labute approximate surface area is 175 Å². The number of benzene rings is 2. The van der Waals surface area contributed by atoms with E-state index in [0.29, 0.717) is 32.8 Å². The lowest BCUT2D eigenvalue weighted by Gasteiger charge is -2.18. The van der Waals surface area contributed by atoms with Crippen molar-refractivity contribution in [3.8, 4) is 0 Å². The first-order valence-corrected chi connectivity index (χ1v) is 10.7. The Balaban J connectivity index is 2.04. The second-order valence-electron chi connectivity index (χ2n) is 5.78. The van der Waals surface area contributed by atoms with Crippen molar-refractivity contribution >= 4 is 51.1 Å². The SMILES string of the molecule is CSCCC(NC(=O)c1ccccc1Cl)C(=O)NCc1cc(F)cc(Br)c1. The maximum Gasteiger partial charge on any atom is 0.253 e. The molecule has 0 aliphatic rings. The van der Waals surface area contributed by atoms with E-state index < -0.39 is 11.9 Å². The second-order valence-corrected chi connectivity index (χ2v) is 8.09. The van der Waals surface area contributed by atoms with Crippen LogP contribution in [-0.2, 0) is 11.3 Å². The maximum absolute atomic E-state index is 13.5. The average molecular weight is 474 g/mol. The molecule has 4 nitrogen and oxygen atoms in total. The summed E-state index contributed by atoms with van der Waals surface area (Å²) in [5.74, 6) is -0.424. The van der Waals surface area contributed by atoms with Gasteiger partial charge in [-0.05, 0) is 54.3 Å². The first-order valence-electron chi connectivity index (χ1n) is 8.17. The molecular weight excluding hydrogens is 455 g/mol. The van der Waals surface area contributed by atoms with E-state index in [4.69, 9.17) is 11.6 Å². The van der Waals surface area contributed by atoms with Gasteiger partial charge in [0.15, 0.2) is 0 Å². The van der Waals surface area contributed by atoms with E-state index in [1.54, 1.807) is 42.1 Å². The summed E-state index contributed by atoms with van der Waals surface area (Å²) in [5.41, 5.74) is 0.937. The molecule has 0 aliphatic heterocycles. The summed E-state index contributed by atoms with van der Waals surface area (Å²) in [6.07, 6.45) is 2.39. The highest BCUT2D eigenvalue weighted by molar-refractivity contribution is 9.10. The number of carbonyl (C=O) groups excluding carboxylic acids is 2. The number of hydrogen-bond acceptors (Lipinski definition) is 3. The zero-order chi connectivity index (χ0) is 19.8. The topological polar surface area (TPSA) is 58.2 Å². The van der Waals surface area contributed by atoms with Gasteiger partial charge >= 0.3 is 0 Å². The lowest BCUT2D eigenvalue weighted by Crippen LogP contribution is -2.47. The van der Waals surface area contributed by atoms with Crippen LogP contribution < -0.4 is 10.6 Å². The molecule has 8 heteroatoms. The van der Waals surface area contributed by atoms with Gasteiger partial charge in [0.1, 0.15) is 11.9 Å². The molecule has 2 N–H and O–H groups in total. The third-order valence-corrected chi connectivity index (χ3v) is 5.17. The molecule has 2 rings (SSSR count). The molecule has 0 radical (unpaired) electrons. The van der Waals surface area contributed by atoms with Crippen molar-refractivity contribution in [2.24, 2.45) is 0 Å². The van der Waals surface area contributed by atoms with Crippen LogP contribution in [0.2, 0.25) is 5.02 Å². The fourth-order valence-electron chi connectivity index (χ4n) is 2.41. The summed E-state index contributed by atoms with van der Waals surface area (Å²) < 4.78 is 14.1. The lowest BCUT2D eigenvalue weighted by atomic mass is 10.1. The van der Waals surface area contributed by atoms with Crippen LogP contribution >= 0.6 is 39.3 Å². The predicted molar refractivity (Wildman–Crippen MR) is 112 cm³/mol. The highest BCUT2D eigenvalue weighted by atomic mass is 79.9. The molecule has 144 valence electrons. The molecular formula is C19H19BrClFN2O2S. The molecule has 1 atom stereocenters. The lowest BCUT2D eigenvalue weighted by molar-refractivity contribution is -0.123. The Morgan fingerprint density at radius 1 is 1.26 bits per heavy atom. The average Bonchev–Trinajstić information content (AvgIpc) is 2.62. The number of rotatable bonds is 8. The first-order chi connectivity index (χ1) is 12.9. The first kappa shape index (κ1) is 21.7. The van der Waals surface area contributed by atoms with Gasteiger partial charge in [-0.2, -0.15) is 11.8 Å². The van der Waals surface area contributed by atoms with E-state index >= 15 is 0 Å². The van der Waals surface area contributed by atoms with Crippen molar-refractivity contribution < 1.29 is 14.0 Å². The molecule has 0 fully saturated rings. The van der Waals surface area contributed by atoms with Crippen LogP contribution in [0, 0.1) is 5.82 Å². The van der Waals surface area contributed by atoms with Crippen molar-refractivity contribution in [2.45, 2.75) is 19.0 Å². The van der Waals surface area contributed by atoms with Gasteiger partial charge in [-0.25, -0.2) is 4.39 Å². The third kappa shape index (κ3) is 6.83. The molecule has 0 aromatic heterocycles. The molecule has 0 heterocycles. The number of amides is 2. The quantitative estimate of drug-likeness (QED) is 0.597. The molecule has 2 aromatic carbocycles. The van der Waals surface area contributed by atoms with Gasteiger partial charge < -0.3 is 10.6 Å². The van der Waals surface area contributed by atoms with Crippen molar-refractivity contribution in [1.29, 1.82) is 0 Å². The standard InChI is InChI=1S/C19H19BrClFN2O2S/c1-27-7-6-17(24-18(25)15-4-2-3-5-16(15)21)19(26)23-11-12-8-13(20)10-14(22)9-12/h2-5,8-10,17H,6-7,11H2,1H3,(H,23,26)(H,24,25). The number of hydrogen-bond donors (Lipinski definition) is 2. The van der Waals surface area contributed by atoms with Gasteiger partial charge in [-0.3, -0.25) is 9.59 Å². The van der Waals surface area contributed by atoms with Gasteiger partial charge in [0, 0.05) is 11.0 Å². The van der Waals surface area contributed by atoms with Crippen LogP contribution in [-0.4, -0.2) is 29.9 Å². The van der Waals surface area contributed by atoms with Crippen LogP contribution in [0.25, 0.3) is 0 Å². The largest absolute Gasteiger partial charge is 0.350 e. The zero-order valence-electron chi connectivity index (χ0n) is 14.6. The monoisotopic (exact) mass is 472 g/mol. The Bertz CT molecular complexity index is 802. The molecule has 0 spiro atoms. The van der Waals surface area contributed by atoms with Gasteiger partial charge in [0.05, 0.1) is 10.6 Å². The molecule has 1 unspecified atom stereocenters.